The van der Waals surface area contributed by atoms with Gasteiger partial charge in [-0.05, 0) is 24.6 Å². The van der Waals surface area contributed by atoms with Crippen LogP contribution in [-0.2, 0) is 6.54 Å². The first kappa shape index (κ1) is 15.6. The van der Waals surface area contributed by atoms with E-state index in [1.54, 1.807) is 0 Å². The number of hydrogen-bond acceptors (Lipinski definition) is 6. The minimum absolute atomic E-state index is 0.0614. The van der Waals surface area contributed by atoms with Crippen LogP contribution in [0.25, 0.3) is 0 Å². The molecule has 1 saturated heterocycles. The maximum atomic E-state index is 12.4. The van der Waals surface area contributed by atoms with E-state index in [-0.39, 0.29) is 12.8 Å². The normalized spacial score (nSPS) is 16.2. The fraction of sp³-hybridized carbons (Fsp3) is 0.412. The van der Waals surface area contributed by atoms with E-state index in [0.717, 1.165) is 41.7 Å². The van der Waals surface area contributed by atoms with Crippen molar-refractivity contribution in [1.82, 2.24) is 15.4 Å². The molecule has 1 aromatic heterocycles. The van der Waals surface area contributed by atoms with Crippen molar-refractivity contribution in [1.29, 1.82) is 0 Å². The third kappa shape index (κ3) is 3.33. The van der Waals surface area contributed by atoms with Crippen molar-refractivity contribution < 1.29 is 18.8 Å². The molecule has 0 bridgehead atoms. The summed E-state index contributed by atoms with van der Waals surface area (Å²) in [7, 11) is 0. The molecule has 2 amide bonds. The molecule has 1 fully saturated rings. The predicted octanol–water partition coefficient (Wildman–Crippen LogP) is 1.74. The number of urea groups is 1. The van der Waals surface area contributed by atoms with Crippen molar-refractivity contribution in [3.8, 4) is 11.5 Å². The van der Waals surface area contributed by atoms with Crippen LogP contribution in [0, 0.1) is 6.92 Å². The van der Waals surface area contributed by atoms with E-state index in [1.165, 1.54) is 0 Å². The minimum atomic E-state index is -0.0614. The lowest BCUT2D eigenvalue weighted by Crippen LogP contribution is -2.51. The number of anilines is 1. The second-order valence-corrected chi connectivity index (χ2v) is 6.12. The van der Waals surface area contributed by atoms with Crippen LogP contribution in [0.1, 0.15) is 11.3 Å². The number of nitrogens with one attached hydrogen (secondary N) is 1. The smallest absolute Gasteiger partial charge is 0.317 e. The lowest BCUT2D eigenvalue weighted by Gasteiger charge is -2.34. The van der Waals surface area contributed by atoms with Crippen LogP contribution in [0.3, 0.4) is 0 Å². The summed E-state index contributed by atoms with van der Waals surface area (Å²) < 4.78 is 15.7. The Bertz CT molecular complexity index is 768. The number of aromatic nitrogens is 1. The van der Waals surface area contributed by atoms with Gasteiger partial charge in [-0.3, -0.25) is 0 Å². The molecule has 3 heterocycles. The average molecular weight is 344 g/mol. The molecule has 0 unspecified atom stereocenters. The third-order valence-corrected chi connectivity index (χ3v) is 4.39. The van der Waals surface area contributed by atoms with Crippen molar-refractivity contribution in [3.05, 3.63) is 35.6 Å². The van der Waals surface area contributed by atoms with E-state index in [0.29, 0.717) is 19.6 Å². The Morgan fingerprint density at radius 3 is 2.72 bits per heavy atom. The van der Waals surface area contributed by atoms with Crippen molar-refractivity contribution in [2.24, 2.45) is 0 Å². The summed E-state index contributed by atoms with van der Waals surface area (Å²) >= 11 is 0. The number of ether oxygens (including phenoxy) is 2. The van der Waals surface area contributed by atoms with Crippen molar-refractivity contribution in [3.63, 3.8) is 0 Å². The fourth-order valence-electron chi connectivity index (χ4n) is 2.98. The third-order valence-electron chi connectivity index (χ3n) is 4.39. The molecule has 0 aliphatic carbocycles. The molecule has 0 spiro atoms. The number of amides is 2. The SMILES string of the molecule is Cc1cc(N2CCN(C(=O)NCc3ccc4c(c3)OCO4)CC2)no1. The summed E-state index contributed by atoms with van der Waals surface area (Å²) in [5.74, 6) is 3.09. The average Bonchev–Trinajstić information content (AvgIpc) is 3.28. The molecule has 2 aliphatic heterocycles. The Balaban J connectivity index is 1.28. The summed E-state index contributed by atoms with van der Waals surface area (Å²) in [6.45, 7) is 5.36. The van der Waals surface area contributed by atoms with Crippen LogP contribution in [0.15, 0.2) is 28.8 Å². The van der Waals surface area contributed by atoms with E-state index in [9.17, 15) is 4.79 Å². The maximum Gasteiger partial charge on any atom is 0.317 e. The molecule has 132 valence electrons. The van der Waals surface area contributed by atoms with Gasteiger partial charge in [-0.25, -0.2) is 4.79 Å². The van der Waals surface area contributed by atoms with Gasteiger partial charge in [-0.15, -0.1) is 0 Å². The van der Waals surface area contributed by atoms with Gasteiger partial charge in [0.15, 0.2) is 17.3 Å². The van der Waals surface area contributed by atoms with Crippen LogP contribution < -0.4 is 19.7 Å². The second-order valence-electron chi connectivity index (χ2n) is 6.12. The lowest BCUT2D eigenvalue weighted by molar-refractivity contribution is 0.174. The Morgan fingerprint density at radius 1 is 1.16 bits per heavy atom. The standard InChI is InChI=1S/C17H20N4O4/c1-12-8-16(19-25-12)20-4-6-21(7-5-20)17(22)18-10-13-2-3-14-15(9-13)24-11-23-14/h2-3,8-9H,4-7,10-11H2,1H3,(H,18,22). The largest absolute Gasteiger partial charge is 0.454 e. The van der Waals surface area contributed by atoms with Gasteiger partial charge in [0.05, 0.1) is 0 Å². The van der Waals surface area contributed by atoms with E-state index >= 15 is 0 Å². The van der Waals surface area contributed by atoms with Gasteiger partial charge in [0, 0.05) is 38.8 Å². The number of piperazine rings is 1. The molecule has 2 aliphatic rings. The second kappa shape index (κ2) is 6.54. The quantitative estimate of drug-likeness (QED) is 0.914. The lowest BCUT2D eigenvalue weighted by atomic mass is 10.2. The number of hydrogen-bond donors (Lipinski definition) is 1. The van der Waals surface area contributed by atoms with Gasteiger partial charge in [-0.1, -0.05) is 11.2 Å². The number of benzene rings is 1. The number of rotatable bonds is 3. The van der Waals surface area contributed by atoms with Gasteiger partial charge in [0.1, 0.15) is 5.76 Å². The summed E-state index contributed by atoms with van der Waals surface area (Å²) in [5, 5.41) is 6.98. The van der Waals surface area contributed by atoms with E-state index in [1.807, 2.05) is 36.1 Å². The highest BCUT2D eigenvalue weighted by atomic mass is 16.7. The van der Waals surface area contributed by atoms with Gasteiger partial charge >= 0.3 is 6.03 Å². The highest BCUT2D eigenvalue weighted by Crippen LogP contribution is 2.32. The number of nitrogens with zero attached hydrogens (tertiary/aromatic N) is 3. The van der Waals surface area contributed by atoms with Crippen LogP contribution in [0.5, 0.6) is 11.5 Å². The summed E-state index contributed by atoms with van der Waals surface area (Å²) in [5.41, 5.74) is 0.981. The van der Waals surface area contributed by atoms with Crippen LogP contribution in [-0.4, -0.2) is 49.1 Å². The first-order chi connectivity index (χ1) is 12.2. The molecule has 0 radical (unpaired) electrons. The number of carbonyl (C=O) groups is 1. The Morgan fingerprint density at radius 2 is 1.96 bits per heavy atom. The Labute approximate surface area is 145 Å². The molecular weight excluding hydrogens is 324 g/mol. The van der Waals surface area contributed by atoms with Crippen LogP contribution in [0.4, 0.5) is 10.6 Å². The molecule has 1 aromatic carbocycles. The molecule has 8 nitrogen and oxygen atoms in total. The van der Waals surface area contributed by atoms with Gasteiger partial charge in [-0.2, -0.15) is 0 Å². The monoisotopic (exact) mass is 344 g/mol. The number of fused-ring (bicyclic) bond motifs is 1. The zero-order valence-electron chi connectivity index (χ0n) is 14.0. The summed E-state index contributed by atoms with van der Waals surface area (Å²) in [6.07, 6.45) is 0. The molecule has 1 N–H and O–H groups in total. The molecule has 0 saturated carbocycles. The highest BCUT2D eigenvalue weighted by Gasteiger charge is 2.23. The molecule has 2 aromatic rings. The number of aryl methyl sites for hydroxylation is 1. The zero-order valence-corrected chi connectivity index (χ0v) is 14.0. The first-order valence-electron chi connectivity index (χ1n) is 8.28. The molecule has 8 heteroatoms. The predicted molar refractivity (Wildman–Crippen MR) is 89.8 cm³/mol. The summed E-state index contributed by atoms with van der Waals surface area (Å²) in [6, 6.07) is 7.54. The molecule has 25 heavy (non-hydrogen) atoms. The van der Waals surface area contributed by atoms with Gasteiger partial charge in [0.2, 0.25) is 6.79 Å². The van der Waals surface area contributed by atoms with E-state index < -0.39 is 0 Å². The summed E-state index contributed by atoms with van der Waals surface area (Å²) in [4.78, 5) is 16.3. The highest BCUT2D eigenvalue weighted by molar-refractivity contribution is 5.74. The van der Waals surface area contributed by atoms with E-state index in [4.69, 9.17) is 14.0 Å². The Kier molecular flexibility index (Phi) is 4.09. The maximum absolute atomic E-state index is 12.4. The van der Waals surface area contributed by atoms with Crippen molar-refractivity contribution in [2.75, 3.05) is 37.9 Å². The van der Waals surface area contributed by atoms with Crippen LogP contribution >= 0.6 is 0 Å². The Hall–Kier alpha value is -2.90. The van der Waals surface area contributed by atoms with Crippen LogP contribution in [0.2, 0.25) is 0 Å². The fourth-order valence-corrected chi connectivity index (χ4v) is 2.98. The first-order valence-corrected chi connectivity index (χ1v) is 8.28. The van der Waals surface area contributed by atoms with Crippen molar-refractivity contribution >= 4 is 11.8 Å². The van der Waals surface area contributed by atoms with Crippen molar-refractivity contribution in [2.45, 2.75) is 13.5 Å². The number of carbonyl (C=O) groups excluding carboxylic acids is 1. The molecule has 0 atom stereocenters. The molecule has 4 rings (SSSR count). The topological polar surface area (TPSA) is 80.1 Å². The van der Waals surface area contributed by atoms with Gasteiger partial charge < -0.3 is 29.1 Å². The van der Waals surface area contributed by atoms with E-state index in [2.05, 4.69) is 15.4 Å². The molecular formula is C17H20N4O4. The minimum Gasteiger partial charge on any atom is -0.454 e. The zero-order chi connectivity index (χ0) is 17.2. The van der Waals surface area contributed by atoms with Gasteiger partial charge in [0.25, 0.3) is 0 Å².